The number of aromatic nitrogens is 2. The number of alkyl halides is 3. The molecule has 110 valence electrons. The van der Waals surface area contributed by atoms with Gasteiger partial charge in [0.15, 0.2) is 0 Å². The Hall–Kier alpha value is -1.52. The third-order valence-electron chi connectivity index (χ3n) is 3.64. The van der Waals surface area contributed by atoms with Gasteiger partial charge in [0, 0.05) is 6.04 Å². The SMILES string of the molecule is CC.CC1CC(n2cnc3cccc(C(F)(F)F)c32)C1. The average Bonchev–Trinajstić information content (AvgIpc) is 2.79. The van der Waals surface area contributed by atoms with Gasteiger partial charge in [0.2, 0.25) is 0 Å². The molecule has 1 aromatic carbocycles. The quantitative estimate of drug-likeness (QED) is 0.716. The Kier molecular flexibility index (Phi) is 4.06. The number of rotatable bonds is 1. The first-order valence-corrected chi connectivity index (χ1v) is 6.99. The van der Waals surface area contributed by atoms with Gasteiger partial charge in [-0.25, -0.2) is 4.98 Å². The molecule has 3 rings (SSSR count). The predicted molar refractivity (Wildman–Crippen MR) is 73.5 cm³/mol. The van der Waals surface area contributed by atoms with Gasteiger partial charge in [-0.2, -0.15) is 13.2 Å². The Morgan fingerprint density at radius 1 is 1.20 bits per heavy atom. The summed E-state index contributed by atoms with van der Waals surface area (Å²) in [6.07, 6.45) is -0.932. The topological polar surface area (TPSA) is 17.8 Å². The smallest absolute Gasteiger partial charge is 0.327 e. The van der Waals surface area contributed by atoms with Gasteiger partial charge < -0.3 is 4.57 Å². The van der Waals surface area contributed by atoms with E-state index in [1.165, 1.54) is 12.4 Å². The fourth-order valence-corrected chi connectivity index (χ4v) is 2.68. The van der Waals surface area contributed by atoms with Crippen LogP contribution in [0.4, 0.5) is 13.2 Å². The predicted octanol–water partition coefficient (Wildman–Crippen LogP) is 5.05. The zero-order valence-electron chi connectivity index (χ0n) is 11.9. The lowest BCUT2D eigenvalue weighted by Crippen LogP contribution is -2.24. The Balaban J connectivity index is 0.000000704. The van der Waals surface area contributed by atoms with Crippen LogP contribution in [0.15, 0.2) is 24.5 Å². The van der Waals surface area contributed by atoms with Gasteiger partial charge in [0.1, 0.15) is 0 Å². The molecule has 1 aromatic heterocycles. The highest BCUT2D eigenvalue weighted by Gasteiger charge is 2.36. The van der Waals surface area contributed by atoms with Crippen molar-refractivity contribution in [2.75, 3.05) is 0 Å². The standard InChI is InChI=1S/C13H13F3N2.C2H6/c1-8-5-9(6-8)18-7-17-11-4-2-3-10(12(11)18)13(14,15)16;1-2/h2-4,7-9H,5-6H2,1H3;1-2H3. The van der Waals surface area contributed by atoms with Crippen LogP contribution < -0.4 is 0 Å². The van der Waals surface area contributed by atoms with Crippen LogP contribution in [0, 0.1) is 5.92 Å². The van der Waals surface area contributed by atoms with Gasteiger partial charge in [-0.1, -0.05) is 26.8 Å². The molecule has 1 heterocycles. The van der Waals surface area contributed by atoms with Crippen LogP contribution in [-0.4, -0.2) is 9.55 Å². The normalized spacial score (nSPS) is 22.1. The summed E-state index contributed by atoms with van der Waals surface area (Å²) >= 11 is 0. The third kappa shape index (κ3) is 2.53. The van der Waals surface area contributed by atoms with Crippen molar-refractivity contribution in [2.24, 2.45) is 5.92 Å². The van der Waals surface area contributed by atoms with Crippen molar-refractivity contribution in [3.8, 4) is 0 Å². The maximum absolute atomic E-state index is 13.0. The monoisotopic (exact) mass is 284 g/mol. The van der Waals surface area contributed by atoms with Crippen LogP contribution >= 0.6 is 0 Å². The van der Waals surface area contributed by atoms with Crippen molar-refractivity contribution >= 4 is 11.0 Å². The number of para-hydroxylation sites is 1. The number of fused-ring (bicyclic) bond motifs is 1. The van der Waals surface area contributed by atoms with Gasteiger partial charge in [0.25, 0.3) is 0 Å². The van der Waals surface area contributed by atoms with Gasteiger partial charge in [-0.05, 0) is 30.9 Å². The summed E-state index contributed by atoms with van der Waals surface area (Å²) in [4.78, 5) is 4.08. The van der Waals surface area contributed by atoms with Crippen LogP contribution in [0.3, 0.4) is 0 Å². The van der Waals surface area contributed by atoms with E-state index in [4.69, 9.17) is 0 Å². The molecular weight excluding hydrogens is 265 g/mol. The van der Waals surface area contributed by atoms with Crippen molar-refractivity contribution in [1.82, 2.24) is 9.55 Å². The lowest BCUT2D eigenvalue weighted by atomic mass is 9.81. The molecule has 0 radical (unpaired) electrons. The molecule has 0 atom stereocenters. The number of imidazole rings is 1. The maximum Gasteiger partial charge on any atom is 0.418 e. The van der Waals surface area contributed by atoms with E-state index in [9.17, 15) is 13.2 Å². The largest absolute Gasteiger partial charge is 0.418 e. The molecule has 0 aliphatic heterocycles. The second-order valence-corrected chi connectivity index (χ2v) is 5.05. The van der Waals surface area contributed by atoms with E-state index < -0.39 is 11.7 Å². The third-order valence-corrected chi connectivity index (χ3v) is 3.64. The van der Waals surface area contributed by atoms with E-state index in [2.05, 4.69) is 11.9 Å². The van der Waals surface area contributed by atoms with E-state index in [0.29, 0.717) is 11.4 Å². The van der Waals surface area contributed by atoms with Crippen LogP contribution in [-0.2, 0) is 6.18 Å². The van der Waals surface area contributed by atoms with Crippen molar-refractivity contribution in [3.05, 3.63) is 30.1 Å². The van der Waals surface area contributed by atoms with Gasteiger partial charge in [-0.15, -0.1) is 0 Å². The zero-order chi connectivity index (χ0) is 14.9. The molecule has 5 heteroatoms. The minimum Gasteiger partial charge on any atom is -0.327 e. The minimum atomic E-state index is -4.33. The molecule has 0 N–H and O–H groups in total. The highest BCUT2D eigenvalue weighted by atomic mass is 19.4. The molecule has 0 spiro atoms. The highest BCUT2D eigenvalue weighted by Crippen LogP contribution is 2.41. The molecule has 1 aliphatic rings. The summed E-state index contributed by atoms with van der Waals surface area (Å²) in [6, 6.07) is 4.33. The first-order valence-electron chi connectivity index (χ1n) is 6.99. The Morgan fingerprint density at radius 3 is 2.40 bits per heavy atom. The summed E-state index contributed by atoms with van der Waals surface area (Å²) in [5.41, 5.74) is 0.0586. The molecule has 0 bridgehead atoms. The summed E-state index contributed by atoms with van der Waals surface area (Å²) < 4.78 is 40.7. The van der Waals surface area contributed by atoms with Crippen molar-refractivity contribution in [3.63, 3.8) is 0 Å². The van der Waals surface area contributed by atoms with Gasteiger partial charge in [0.05, 0.1) is 22.9 Å². The summed E-state index contributed by atoms with van der Waals surface area (Å²) in [5, 5.41) is 0. The van der Waals surface area contributed by atoms with E-state index >= 15 is 0 Å². The van der Waals surface area contributed by atoms with Crippen LogP contribution in [0.2, 0.25) is 0 Å². The molecule has 2 nitrogen and oxygen atoms in total. The molecule has 1 aliphatic carbocycles. The van der Waals surface area contributed by atoms with E-state index in [1.54, 1.807) is 10.6 Å². The summed E-state index contributed by atoms with van der Waals surface area (Å²) in [7, 11) is 0. The molecule has 20 heavy (non-hydrogen) atoms. The Bertz CT molecular complexity index is 580. The summed E-state index contributed by atoms with van der Waals surface area (Å²) in [5.74, 6) is 0.588. The number of halogens is 3. The lowest BCUT2D eigenvalue weighted by molar-refractivity contribution is -0.136. The molecule has 0 amide bonds. The van der Waals surface area contributed by atoms with E-state index in [1.807, 2.05) is 13.8 Å². The maximum atomic E-state index is 13.0. The number of hydrogen-bond donors (Lipinski definition) is 0. The number of hydrogen-bond acceptors (Lipinski definition) is 1. The Labute approximate surface area is 116 Å². The second-order valence-electron chi connectivity index (χ2n) is 5.05. The van der Waals surface area contributed by atoms with Crippen LogP contribution in [0.1, 0.15) is 45.2 Å². The Morgan fingerprint density at radius 2 is 1.85 bits per heavy atom. The van der Waals surface area contributed by atoms with Crippen molar-refractivity contribution in [1.29, 1.82) is 0 Å². The molecular formula is C15H19F3N2. The first kappa shape index (κ1) is 14.9. The van der Waals surface area contributed by atoms with Crippen LogP contribution in [0.25, 0.3) is 11.0 Å². The number of nitrogens with zero attached hydrogens (tertiary/aromatic N) is 2. The van der Waals surface area contributed by atoms with E-state index in [0.717, 1.165) is 18.9 Å². The number of benzene rings is 1. The van der Waals surface area contributed by atoms with Crippen molar-refractivity contribution in [2.45, 2.75) is 45.8 Å². The molecule has 1 saturated carbocycles. The molecule has 1 fully saturated rings. The van der Waals surface area contributed by atoms with Crippen LogP contribution in [0.5, 0.6) is 0 Å². The summed E-state index contributed by atoms with van der Waals surface area (Å²) in [6.45, 7) is 6.11. The fraction of sp³-hybridized carbons (Fsp3) is 0.533. The molecule has 0 unspecified atom stereocenters. The van der Waals surface area contributed by atoms with Gasteiger partial charge >= 0.3 is 6.18 Å². The zero-order valence-corrected chi connectivity index (χ0v) is 11.9. The molecule has 2 aromatic rings. The first-order chi connectivity index (χ1) is 9.47. The lowest BCUT2D eigenvalue weighted by Gasteiger charge is -2.34. The fourth-order valence-electron chi connectivity index (χ4n) is 2.68. The van der Waals surface area contributed by atoms with Crippen molar-refractivity contribution < 1.29 is 13.2 Å². The van der Waals surface area contributed by atoms with Gasteiger partial charge in [-0.3, -0.25) is 0 Å². The highest BCUT2D eigenvalue weighted by molar-refractivity contribution is 5.79. The average molecular weight is 284 g/mol. The van der Waals surface area contributed by atoms with E-state index in [-0.39, 0.29) is 11.6 Å². The molecule has 0 saturated heterocycles. The minimum absolute atomic E-state index is 0.161. The second kappa shape index (κ2) is 5.46.